The number of nitrogens with zero attached hydrogens (tertiary/aromatic N) is 3. The van der Waals surface area contributed by atoms with E-state index < -0.39 is 0 Å². The van der Waals surface area contributed by atoms with Crippen LogP contribution in [-0.2, 0) is 11.3 Å². The predicted octanol–water partition coefficient (Wildman–Crippen LogP) is 0.595. The molecule has 0 amide bonds. The van der Waals surface area contributed by atoms with Gasteiger partial charge in [-0.05, 0) is 13.5 Å². The molecule has 5 nitrogen and oxygen atoms in total. The molecule has 0 aromatic carbocycles. The van der Waals surface area contributed by atoms with Crippen molar-refractivity contribution in [2.45, 2.75) is 26.5 Å². The van der Waals surface area contributed by atoms with Crippen LogP contribution in [0.2, 0.25) is 0 Å². The highest BCUT2D eigenvalue weighted by Crippen LogP contribution is 2.04. The van der Waals surface area contributed by atoms with Gasteiger partial charge in [-0.3, -0.25) is 14.9 Å². The van der Waals surface area contributed by atoms with Crippen LogP contribution in [0.25, 0.3) is 0 Å². The lowest BCUT2D eigenvalue weighted by molar-refractivity contribution is -0.0254. The average Bonchev–Trinajstić information content (AvgIpc) is 2.41. The third-order valence-electron chi connectivity index (χ3n) is 3.18. The lowest BCUT2D eigenvalue weighted by Crippen LogP contribution is -2.46. The second-order valence-electron chi connectivity index (χ2n) is 4.67. The van der Waals surface area contributed by atoms with Crippen molar-refractivity contribution >= 4 is 0 Å². The van der Waals surface area contributed by atoms with Crippen LogP contribution in [0.3, 0.4) is 0 Å². The lowest BCUT2D eigenvalue weighted by atomic mass is 10.2. The van der Waals surface area contributed by atoms with Gasteiger partial charge in [-0.25, -0.2) is 0 Å². The fourth-order valence-electron chi connectivity index (χ4n) is 2.06. The molecule has 2 rings (SSSR count). The van der Waals surface area contributed by atoms with Crippen molar-refractivity contribution in [1.82, 2.24) is 20.2 Å². The molecule has 5 heteroatoms. The molecular weight excluding hydrogens is 228 g/mol. The van der Waals surface area contributed by atoms with Crippen LogP contribution >= 0.6 is 0 Å². The largest absolute Gasteiger partial charge is 0.374 e. The van der Waals surface area contributed by atoms with E-state index in [-0.39, 0.29) is 6.10 Å². The van der Waals surface area contributed by atoms with Gasteiger partial charge in [0, 0.05) is 38.6 Å². The smallest absolute Gasteiger partial charge is 0.0826 e. The summed E-state index contributed by atoms with van der Waals surface area (Å²) in [6.45, 7) is 9.76. The first kappa shape index (κ1) is 13.4. The number of nitrogens with one attached hydrogen (secondary N) is 1. The summed E-state index contributed by atoms with van der Waals surface area (Å²) in [5, 5.41) is 3.38. The summed E-state index contributed by atoms with van der Waals surface area (Å²) in [7, 11) is 0. The fraction of sp³-hybridized carbons (Fsp3) is 0.692. The Balaban J connectivity index is 1.70. The van der Waals surface area contributed by atoms with Crippen molar-refractivity contribution in [2.75, 3.05) is 32.8 Å². The molecule has 0 bridgehead atoms. The molecule has 100 valence electrons. The number of aryl methyl sites for hydroxylation is 1. The molecule has 0 aliphatic carbocycles. The monoisotopic (exact) mass is 250 g/mol. The highest BCUT2D eigenvalue weighted by molar-refractivity contribution is 5.00. The molecule has 1 N–H and O–H groups in total. The summed E-state index contributed by atoms with van der Waals surface area (Å²) in [5.41, 5.74) is 1.93. The summed E-state index contributed by atoms with van der Waals surface area (Å²) >= 11 is 0. The summed E-state index contributed by atoms with van der Waals surface area (Å²) in [4.78, 5) is 11.0. The first-order valence-electron chi connectivity index (χ1n) is 6.60. The molecule has 0 spiro atoms. The molecule has 1 unspecified atom stereocenters. The predicted molar refractivity (Wildman–Crippen MR) is 70.3 cm³/mol. The van der Waals surface area contributed by atoms with Crippen LogP contribution in [0.4, 0.5) is 0 Å². The Morgan fingerprint density at radius 2 is 2.33 bits per heavy atom. The van der Waals surface area contributed by atoms with Crippen molar-refractivity contribution in [1.29, 1.82) is 0 Å². The van der Waals surface area contributed by atoms with Gasteiger partial charge >= 0.3 is 0 Å². The molecule has 0 radical (unpaired) electrons. The third-order valence-corrected chi connectivity index (χ3v) is 3.18. The van der Waals surface area contributed by atoms with Crippen molar-refractivity contribution in [2.24, 2.45) is 0 Å². The maximum Gasteiger partial charge on any atom is 0.0826 e. The number of hydrogen-bond donors (Lipinski definition) is 1. The molecule has 1 aromatic rings. The lowest BCUT2D eigenvalue weighted by Gasteiger charge is -2.32. The summed E-state index contributed by atoms with van der Waals surface area (Å²) < 4.78 is 5.73. The van der Waals surface area contributed by atoms with Gasteiger partial charge in [-0.2, -0.15) is 0 Å². The van der Waals surface area contributed by atoms with Crippen LogP contribution < -0.4 is 5.32 Å². The minimum absolute atomic E-state index is 0.289. The number of aromatic nitrogens is 2. The van der Waals surface area contributed by atoms with Crippen LogP contribution in [0.1, 0.15) is 18.3 Å². The topological polar surface area (TPSA) is 50.3 Å². The Morgan fingerprint density at radius 3 is 3.06 bits per heavy atom. The van der Waals surface area contributed by atoms with E-state index in [1.165, 1.54) is 0 Å². The quantitative estimate of drug-likeness (QED) is 0.829. The Hall–Kier alpha value is -1.04. The first-order chi connectivity index (χ1) is 8.78. The Kier molecular flexibility index (Phi) is 5.04. The first-order valence-corrected chi connectivity index (χ1v) is 6.60. The summed E-state index contributed by atoms with van der Waals surface area (Å²) in [5.74, 6) is 0. The molecule has 1 aromatic heterocycles. The molecule has 18 heavy (non-hydrogen) atoms. The van der Waals surface area contributed by atoms with Crippen molar-refractivity contribution in [3.8, 4) is 0 Å². The van der Waals surface area contributed by atoms with E-state index in [0.29, 0.717) is 0 Å². The van der Waals surface area contributed by atoms with E-state index in [2.05, 4.69) is 27.1 Å². The minimum atomic E-state index is 0.289. The van der Waals surface area contributed by atoms with Crippen molar-refractivity contribution in [3.05, 3.63) is 23.8 Å². The van der Waals surface area contributed by atoms with Crippen LogP contribution in [-0.4, -0.2) is 53.8 Å². The van der Waals surface area contributed by atoms with E-state index in [4.69, 9.17) is 4.74 Å². The van der Waals surface area contributed by atoms with E-state index in [0.717, 1.165) is 50.7 Å². The Bertz CT molecular complexity index is 355. The van der Waals surface area contributed by atoms with E-state index in [9.17, 15) is 0 Å². The van der Waals surface area contributed by atoms with Gasteiger partial charge in [0.05, 0.1) is 24.1 Å². The number of likely N-dealkylation sites (N-methyl/N-ethyl adjacent to an activating group) is 1. The summed E-state index contributed by atoms with van der Waals surface area (Å²) in [6.07, 6.45) is 3.91. The molecule has 0 saturated carbocycles. The third kappa shape index (κ3) is 4.01. The van der Waals surface area contributed by atoms with E-state index >= 15 is 0 Å². The zero-order valence-electron chi connectivity index (χ0n) is 11.2. The SMILES string of the molecule is CCN1CCOC(CNCc2cnc(C)cn2)C1. The van der Waals surface area contributed by atoms with E-state index in [1.54, 1.807) is 6.20 Å². The van der Waals surface area contributed by atoms with Gasteiger partial charge in [-0.15, -0.1) is 0 Å². The standard InChI is InChI=1S/C13H22N4O/c1-3-17-4-5-18-13(10-17)9-14-7-12-8-15-11(2)6-16-12/h6,8,13-14H,3-5,7,9-10H2,1-2H3. The molecule has 1 aliphatic heterocycles. The highest BCUT2D eigenvalue weighted by Gasteiger charge is 2.18. The van der Waals surface area contributed by atoms with Crippen LogP contribution in [0.5, 0.6) is 0 Å². The van der Waals surface area contributed by atoms with E-state index in [1.807, 2.05) is 13.1 Å². The second kappa shape index (κ2) is 6.78. The number of morpholine rings is 1. The average molecular weight is 250 g/mol. The zero-order valence-corrected chi connectivity index (χ0v) is 11.2. The maximum atomic E-state index is 5.73. The maximum absolute atomic E-state index is 5.73. The van der Waals surface area contributed by atoms with Crippen LogP contribution in [0.15, 0.2) is 12.4 Å². The molecule has 1 aliphatic rings. The van der Waals surface area contributed by atoms with Gasteiger partial charge < -0.3 is 10.1 Å². The second-order valence-corrected chi connectivity index (χ2v) is 4.67. The van der Waals surface area contributed by atoms with Crippen molar-refractivity contribution < 1.29 is 4.74 Å². The van der Waals surface area contributed by atoms with Gasteiger partial charge in [0.25, 0.3) is 0 Å². The Morgan fingerprint density at radius 1 is 1.44 bits per heavy atom. The van der Waals surface area contributed by atoms with Gasteiger partial charge in [0.2, 0.25) is 0 Å². The molecular formula is C13H22N4O. The van der Waals surface area contributed by atoms with Gasteiger partial charge in [0.1, 0.15) is 0 Å². The van der Waals surface area contributed by atoms with Gasteiger partial charge in [0.15, 0.2) is 0 Å². The molecule has 1 atom stereocenters. The van der Waals surface area contributed by atoms with Gasteiger partial charge in [-0.1, -0.05) is 6.92 Å². The highest BCUT2D eigenvalue weighted by atomic mass is 16.5. The zero-order chi connectivity index (χ0) is 12.8. The van der Waals surface area contributed by atoms with Crippen LogP contribution in [0, 0.1) is 6.92 Å². The van der Waals surface area contributed by atoms with Crippen molar-refractivity contribution in [3.63, 3.8) is 0 Å². The molecule has 1 fully saturated rings. The normalized spacial score (nSPS) is 21.1. The summed E-state index contributed by atoms with van der Waals surface area (Å²) in [6, 6.07) is 0. The number of hydrogen-bond acceptors (Lipinski definition) is 5. The minimum Gasteiger partial charge on any atom is -0.374 e. The fourth-order valence-corrected chi connectivity index (χ4v) is 2.06. The number of rotatable bonds is 5. The molecule has 2 heterocycles. The Labute approximate surface area is 109 Å². The number of ether oxygens (including phenoxy) is 1. The molecule has 1 saturated heterocycles.